The van der Waals surface area contributed by atoms with E-state index < -0.39 is 0 Å². The number of pyridine rings is 1. The van der Waals surface area contributed by atoms with Gasteiger partial charge in [0.05, 0.1) is 11.1 Å². The van der Waals surface area contributed by atoms with E-state index in [0.717, 1.165) is 28.6 Å². The maximum Gasteiger partial charge on any atom is 0.254 e. The molecule has 1 unspecified atom stereocenters. The zero-order valence-electron chi connectivity index (χ0n) is 16.2. The van der Waals surface area contributed by atoms with E-state index in [2.05, 4.69) is 32.7 Å². The lowest BCUT2D eigenvalue weighted by molar-refractivity contribution is 0.0791. The van der Waals surface area contributed by atoms with Gasteiger partial charge in [0.1, 0.15) is 0 Å². The predicted molar refractivity (Wildman–Crippen MR) is 115 cm³/mol. The van der Waals surface area contributed by atoms with Crippen molar-refractivity contribution in [3.05, 3.63) is 41.6 Å². The number of hydrogen-bond donors (Lipinski definition) is 1. The molecule has 1 heterocycles. The Balaban J connectivity index is 0.00000312. The highest BCUT2D eigenvalue weighted by atomic mass is 35.5. The largest absolute Gasteiger partial charge is 0.342 e. The molecular formula is C20H31Cl2N3O. The van der Waals surface area contributed by atoms with Gasteiger partial charge >= 0.3 is 0 Å². The van der Waals surface area contributed by atoms with Gasteiger partial charge in [-0.15, -0.1) is 24.8 Å². The van der Waals surface area contributed by atoms with Crippen LogP contribution in [-0.2, 0) is 0 Å². The summed E-state index contributed by atoms with van der Waals surface area (Å²) in [5.74, 6) is 0.732. The van der Waals surface area contributed by atoms with Crippen molar-refractivity contribution >= 4 is 41.6 Å². The second-order valence-electron chi connectivity index (χ2n) is 7.19. The smallest absolute Gasteiger partial charge is 0.254 e. The van der Waals surface area contributed by atoms with Gasteiger partial charge in [-0.1, -0.05) is 45.9 Å². The van der Waals surface area contributed by atoms with Crippen molar-refractivity contribution in [3.8, 4) is 0 Å². The van der Waals surface area contributed by atoms with E-state index in [0.29, 0.717) is 12.5 Å². The van der Waals surface area contributed by atoms with Crippen molar-refractivity contribution in [2.45, 2.75) is 46.1 Å². The Hall–Kier alpha value is -1.36. The fourth-order valence-corrected chi connectivity index (χ4v) is 2.65. The summed E-state index contributed by atoms with van der Waals surface area (Å²) in [5.41, 5.74) is 8.66. The van der Waals surface area contributed by atoms with Gasteiger partial charge < -0.3 is 10.6 Å². The lowest BCUT2D eigenvalue weighted by Gasteiger charge is -2.22. The topological polar surface area (TPSA) is 59.2 Å². The Kier molecular flexibility index (Phi) is 10.1. The molecule has 1 atom stereocenters. The number of rotatable bonds is 6. The summed E-state index contributed by atoms with van der Waals surface area (Å²) in [5, 5.41) is 0.909. The van der Waals surface area contributed by atoms with Gasteiger partial charge in [-0.05, 0) is 30.4 Å². The number of fused-ring (bicyclic) bond motifs is 1. The third kappa shape index (κ3) is 5.83. The van der Waals surface area contributed by atoms with Crippen LogP contribution in [0.15, 0.2) is 30.3 Å². The average molecular weight is 400 g/mol. The summed E-state index contributed by atoms with van der Waals surface area (Å²) in [7, 11) is 1.85. The summed E-state index contributed by atoms with van der Waals surface area (Å²) >= 11 is 0. The van der Waals surface area contributed by atoms with Crippen molar-refractivity contribution in [1.82, 2.24) is 9.88 Å². The van der Waals surface area contributed by atoms with Gasteiger partial charge in [-0.3, -0.25) is 9.78 Å². The second kappa shape index (κ2) is 10.7. The van der Waals surface area contributed by atoms with Crippen LogP contribution in [0.2, 0.25) is 0 Å². The molecule has 0 spiro atoms. The number of carbonyl (C=O) groups is 1. The Morgan fingerprint density at radius 3 is 2.35 bits per heavy atom. The van der Waals surface area contributed by atoms with Crippen molar-refractivity contribution in [2.75, 3.05) is 13.6 Å². The number of carbonyl (C=O) groups excluding carboxylic acids is 1. The van der Waals surface area contributed by atoms with Crippen LogP contribution in [0, 0.1) is 5.92 Å². The molecule has 0 fully saturated rings. The number of nitrogens with two attached hydrogens (primary N) is 1. The van der Waals surface area contributed by atoms with Gasteiger partial charge in [0, 0.05) is 30.7 Å². The molecule has 0 radical (unpaired) electrons. The maximum atomic E-state index is 13.0. The van der Waals surface area contributed by atoms with Crippen LogP contribution in [0.3, 0.4) is 0 Å². The van der Waals surface area contributed by atoms with Crippen molar-refractivity contribution in [1.29, 1.82) is 0 Å². The summed E-state index contributed by atoms with van der Waals surface area (Å²) in [4.78, 5) is 19.4. The van der Waals surface area contributed by atoms with Crippen molar-refractivity contribution < 1.29 is 4.79 Å². The Bertz CT molecular complexity index is 719. The molecule has 0 aliphatic rings. The summed E-state index contributed by atoms with van der Waals surface area (Å²) < 4.78 is 0. The lowest BCUT2D eigenvalue weighted by Crippen LogP contribution is -2.34. The van der Waals surface area contributed by atoms with E-state index >= 15 is 0 Å². The molecule has 0 aliphatic carbocycles. The van der Waals surface area contributed by atoms with Crippen LogP contribution >= 0.6 is 24.8 Å². The zero-order chi connectivity index (χ0) is 17.9. The van der Waals surface area contributed by atoms with Gasteiger partial charge in [-0.25, -0.2) is 0 Å². The fraction of sp³-hybridized carbons (Fsp3) is 0.500. The molecule has 1 aromatic carbocycles. The molecule has 0 bridgehead atoms. The molecule has 146 valence electrons. The number of nitrogens with zero attached hydrogens (tertiary/aromatic N) is 2. The number of aromatic nitrogens is 1. The lowest BCUT2D eigenvalue weighted by atomic mass is 10.0. The fourth-order valence-electron chi connectivity index (χ4n) is 2.65. The van der Waals surface area contributed by atoms with E-state index in [9.17, 15) is 4.79 Å². The van der Waals surface area contributed by atoms with Crippen LogP contribution in [0.25, 0.3) is 10.9 Å². The number of benzene rings is 1. The molecule has 0 aliphatic heterocycles. The standard InChI is InChI=1S/C20H29N3O.2ClH/c1-13(2)17(21)10-11-23(5)20(24)16-12-19(14(3)4)22-18-9-7-6-8-15(16)18;;/h6-9,12-14,17H,10-11,21H2,1-5H3;2*1H. The van der Waals surface area contributed by atoms with Crippen LogP contribution in [0.4, 0.5) is 0 Å². The number of halogens is 2. The molecular weight excluding hydrogens is 369 g/mol. The molecule has 0 saturated heterocycles. The highest BCUT2D eigenvalue weighted by molar-refractivity contribution is 6.06. The highest BCUT2D eigenvalue weighted by Gasteiger charge is 2.18. The Labute approximate surface area is 169 Å². The third-order valence-corrected chi connectivity index (χ3v) is 4.56. The first-order chi connectivity index (χ1) is 11.3. The molecule has 4 nitrogen and oxygen atoms in total. The molecule has 2 N–H and O–H groups in total. The van der Waals surface area contributed by atoms with Gasteiger partial charge in [0.2, 0.25) is 0 Å². The quantitative estimate of drug-likeness (QED) is 0.768. The molecule has 0 saturated carbocycles. The van der Waals surface area contributed by atoms with Gasteiger partial charge in [0.25, 0.3) is 5.91 Å². The van der Waals surface area contributed by atoms with E-state index in [1.165, 1.54) is 0 Å². The summed E-state index contributed by atoms with van der Waals surface area (Å²) in [6, 6.07) is 9.89. The Morgan fingerprint density at radius 1 is 1.15 bits per heavy atom. The van der Waals surface area contributed by atoms with Crippen LogP contribution in [0.1, 0.15) is 56.1 Å². The number of amides is 1. The van der Waals surface area contributed by atoms with Crippen LogP contribution in [-0.4, -0.2) is 35.4 Å². The predicted octanol–water partition coefficient (Wildman–Crippen LogP) is 4.65. The minimum Gasteiger partial charge on any atom is -0.342 e. The van der Waals surface area contributed by atoms with Crippen LogP contribution in [0.5, 0.6) is 0 Å². The molecule has 1 amide bonds. The first-order valence-corrected chi connectivity index (χ1v) is 8.72. The SMILES string of the molecule is CC(C)c1cc(C(=O)N(C)CCC(N)C(C)C)c2ccccc2n1.Cl.Cl. The minimum absolute atomic E-state index is 0. The normalized spacial score (nSPS) is 11.8. The monoisotopic (exact) mass is 399 g/mol. The zero-order valence-corrected chi connectivity index (χ0v) is 17.9. The number of para-hydroxylation sites is 1. The maximum absolute atomic E-state index is 13.0. The van der Waals surface area contributed by atoms with Crippen molar-refractivity contribution in [3.63, 3.8) is 0 Å². The van der Waals surface area contributed by atoms with Crippen LogP contribution < -0.4 is 5.73 Å². The molecule has 2 aromatic rings. The first-order valence-electron chi connectivity index (χ1n) is 8.72. The van der Waals surface area contributed by atoms with E-state index in [-0.39, 0.29) is 42.7 Å². The summed E-state index contributed by atoms with van der Waals surface area (Å²) in [6.45, 7) is 9.06. The average Bonchev–Trinajstić information content (AvgIpc) is 2.57. The highest BCUT2D eigenvalue weighted by Crippen LogP contribution is 2.23. The van der Waals surface area contributed by atoms with Gasteiger partial charge in [0.15, 0.2) is 0 Å². The minimum atomic E-state index is 0. The van der Waals surface area contributed by atoms with E-state index in [1.807, 2.05) is 37.4 Å². The van der Waals surface area contributed by atoms with E-state index in [4.69, 9.17) is 5.73 Å². The molecule has 26 heavy (non-hydrogen) atoms. The number of hydrogen-bond acceptors (Lipinski definition) is 3. The molecule has 1 aromatic heterocycles. The molecule has 6 heteroatoms. The van der Waals surface area contributed by atoms with Crippen molar-refractivity contribution in [2.24, 2.45) is 11.7 Å². The Morgan fingerprint density at radius 2 is 1.77 bits per heavy atom. The third-order valence-electron chi connectivity index (χ3n) is 4.56. The molecule has 2 rings (SSSR count). The second-order valence-corrected chi connectivity index (χ2v) is 7.19. The summed E-state index contributed by atoms with van der Waals surface area (Å²) in [6.07, 6.45) is 0.806. The first kappa shape index (κ1) is 24.6. The van der Waals surface area contributed by atoms with Gasteiger partial charge in [-0.2, -0.15) is 0 Å². The van der Waals surface area contributed by atoms with E-state index in [1.54, 1.807) is 4.90 Å².